The molecule has 74 valence electrons. The van der Waals surface area contributed by atoms with Crippen molar-refractivity contribution < 1.29 is 4.42 Å². The summed E-state index contributed by atoms with van der Waals surface area (Å²) in [5, 5.41) is 1.98. The van der Waals surface area contributed by atoms with Crippen molar-refractivity contribution in [3.63, 3.8) is 0 Å². The number of furan rings is 1. The second kappa shape index (κ2) is 5.04. The molecular formula is C10H18N2O. The van der Waals surface area contributed by atoms with E-state index in [0.29, 0.717) is 6.04 Å². The summed E-state index contributed by atoms with van der Waals surface area (Å²) in [6.07, 6.45) is 3.81. The SMILES string of the molecule is CC(CCc1ccco1)NN(C)C. The van der Waals surface area contributed by atoms with E-state index in [4.69, 9.17) is 4.42 Å². The highest BCUT2D eigenvalue weighted by Gasteiger charge is 2.03. The third kappa shape index (κ3) is 4.10. The number of rotatable bonds is 5. The molecule has 0 spiro atoms. The molecule has 1 atom stereocenters. The van der Waals surface area contributed by atoms with E-state index in [2.05, 4.69) is 12.3 Å². The minimum absolute atomic E-state index is 0.486. The van der Waals surface area contributed by atoms with Crippen LogP contribution in [-0.2, 0) is 6.42 Å². The van der Waals surface area contributed by atoms with Crippen LogP contribution < -0.4 is 5.43 Å². The number of nitrogens with one attached hydrogen (secondary N) is 1. The van der Waals surface area contributed by atoms with Crippen LogP contribution in [0.5, 0.6) is 0 Å². The maximum atomic E-state index is 5.25. The fourth-order valence-electron chi connectivity index (χ4n) is 1.32. The monoisotopic (exact) mass is 182 g/mol. The predicted molar refractivity (Wildman–Crippen MR) is 53.3 cm³/mol. The molecule has 0 aromatic carbocycles. The molecule has 1 rings (SSSR count). The molecule has 0 fully saturated rings. The first-order chi connectivity index (χ1) is 6.18. The third-order valence-corrected chi connectivity index (χ3v) is 1.88. The van der Waals surface area contributed by atoms with Gasteiger partial charge < -0.3 is 4.42 Å². The summed E-state index contributed by atoms with van der Waals surface area (Å²) >= 11 is 0. The molecule has 1 unspecified atom stereocenters. The summed E-state index contributed by atoms with van der Waals surface area (Å²) in [6, 6.07) is 4.43. The van der Waals surface area contributed by atoms with Crippen LogP contribution in [0.1, 0.15) is 19.1 Å². The maximum Gasteiger partial charge on any atom is 0.103 e. The molecule has 0 amide bonds. The van der Waals surface area contributed by atoms with E-state index < -0.39 is 0 Å². The van der Waals surface area contributed by atoms with Crippen LogP contribution in [-0.4, -0.2) is 25.1 Å². The Morgan fingerprint density at radius 3 is 2.85 bits per heavy atom. The fraction of sp³-hybridized carbons (Fsp3) is 0.600. The van der Waals surface area contributed by atoms with Crippen molar-refractivity contribution in [3.8, 4) is 0 Å². The first-order valence-electron chi connectivity index (χ1n) is 4.64. The summed E-state index contributed by atoms with van der Waals surface area (Å²) in [4.78, 5) is 0. The summed E-state index contributed by atoms with van der Waals surface area (Å²) in [7, 11) is 4.01. The summed E-state index contributed by atoms with van der Waals surface area (Å²) < 4.78 is 5.25. The van der Waals surface area contributed by atoms with E-state index in [9.17, 15) is 0 Å². The van der Waals surface area contributed by atoms with Gasteiger partial charge in [0.1, 0.15) is 5.76 Å². The maximum absolute atomic E-state index is 5.25. The summed E-state index contributed by atoms with van der Waals surface area (Å²) in [5.74, 6) is 1.06. The van der Waals surface area contributed by atoms with Gasteiger partial charge in [-0.2, -0.15) is 0 Å². The first kappa shape index (κ1) is 10.3. The smallest absolute Gasteiger partial charge is 0.103 e. The minimum Gasteiger partial charge on any atom is -0.469 e. The van der Waals surface area contributed by atoms with Crippen molar-refractivity contribution in [1.82, 2.24) is 10.4 Å². The van der Waals surface area contributed by atoms with Gasteiger partial charge >= 0.3 is 0 Å². The average molecular weight is 182 g/mol. The molecule has 0 saturated heterocycles. The standard InChI is InChI=1S/C10H18N2O/c1-9(11-12(2)3)6-7-10-5-4-8-13-10/h4-5,8-9,11H,6-7H2,1-3H3. The van der Waals surface area contributed by atoms with Gasteiger partial charge in [0.2, 0.25) is 0 Å². The van der Waals surface area contributed by atoms with Crippen LogP contribution in [0.25, 0.3) is 0 Å². The molecule has 3 nitrogen and oxygen atoms in total. The molecule has 0 aliphatic rings. The lowest BCUT2D eigenvalue weighted by molar-refractivity contribution is 0.241. The van der Waals surface area contributed by atoms with Gasteiger partial charge in [-0.05, 0) is 25.5 Å². The van der Waals surface area contributed by atoms with Gasteiger partial charge in [-0.1, -0.05) is 0 Å². The Bertz CT molecular complexity index is 219. The molecule has 1 aromatic rings. The molecule has 1 heterocycles. The molecule has 3 heteroatoms. The second-order valence-corrected chi connectivity index (χ2v) is 3.54. The zero-order valence-corrected chi connectivity index (χ0v) is 8.58. The van der Waals surface area contributed by atoms with Crippen LogP contribution in [0.15, 0.2) is 22.8 Å². The highest BCUT2D eigenvalue weighted by atomic mass is 16.3. The van der Waals surface area contributed by atoms with E-state index in [1.165, 1.54) is 0 Å². The highest BCUT2D eigenvalue weighted by molar-refractivity contribution is 4.98. The van der Waals surface area contributed by atoms with Crippen molar-refractivity contribution >= 4 is 0 Å². The van der Waals surface area contributed by atoms with Gasteiger partial charge in [0.15, 0.2) is 0 Å². The molecule has 0 aliphatic heterocycles. The van der Waals surface area contributed by atoms with E-state index >= 15 is 0 Å². The number of aryl methyl sites for hydroxylation is 1. The zero-order valence-electron chi connectivity index (χ0n) is 8.58. The normalized spacial score (nSPS) is 13.5. The lowest BCUT2D eigenvalue weighted by Gasteiger charge is -2.18. The Morgan fingerprint density at radius 2 is 2.31 bits per heavy atom. The topological polar surface area (TPSA) is 28.4 Å². The van der Waals surface area contributed by atoms with E-state index in [1.807, 2.05) is 31.2 Å². The van der Waals surface area contributed by atoms with Gasteiger partial charge in [-0.3, -0.25) is 10.4 Å². The van der Waals surface area contributed by atoms with Gasteiger partial charge in [0, 0.05) is 26.6 Å². The molecule has 0 aliphatic carbocycles. The van der Waals surface area contributed by atoms with Crippen molar-refractivity contribution in [2.75, 3.05) is 14.1 Å². The van der Waals surface area contributed by atoms with Crippen molar-refractivity contribution in [2.45, 2.75) is 25.8 Å². The Hall–Kier alpha value is -0.800. The highest BCUT2D eigenvalue weighted by Crippen LogP contribution is 2.05. The predicted octanol–water partition coefficient (Wildman–Crippen LogP) is 1.67. The van der Waals surface area contributed by atoms with Crippen molar-refractivity contribution in [2.24, 2.45) is 0 Å². The average Bonchev–Trinajstić information content (AvgIpc) is 2.51. The quantitative estimate of drug-likeness (QED) is 0.702. The lowest BCUT2D eigenvalue weighted by atomic mass is 10.1. The number of hydrazine groups is 1. The first-order valence-corrected chi connectivity index (χ1v) is 4.64. The number of hydrogen-bond donors (Lipinski definition) is 1. The molecule has 13 heavy (non-hydrogen) atoms. The van der Waals surface area contributed by atoms with Gasteiger partial charge in [0.25, 0.3) is 0 Å². The van der Waals surface area contributed by atoms with Crippen molar-refractivity contribution in [1.29, 1.82) is 0 Å². The van der Waals surface area contributed by atoms with Gasteiger partial charge in [0.05, 0.1) is 6.26 Å². The Kier molecular flexibility index (Phi) is 3.99. The zero-order chi connectivity index (χ0) is 9.68. The summed E-state index contributed by atoms with van der Waals surface area (Å²) in [6.45, 7) is 2.17. The minimum atomic E-state index is 0.486. The van der Waals surface area contributed by atoms with E-state index in [0.717, 1.165) is 18.6 Å². The van der Waals surface area contributed by atoms with E-state index in [-0.39, 0.29) is 0 Å². The molecule has 1 N–H and O–H groups in total. The Balaban J connectivity index is 2.19. The van der Waals surface area contributed by atoms with Crippen LogP contribution in [0.3, 0.4) is 0 Å². The van der Waals surface area contributed by atoms with E-state index in [1.54, 1.807) is 6.26 Å². The molecule has 1 aromatic heterocycles. The van der Waals surface area contributed by atoms with Crippen molar-refractivity contribution in [3.05, 3.63) is 24.2 Å². The number of hydrogen-bond acceptors (Lipinski definition) is 3. The van der Waals surface area contributed by atoms with Crippen LogP contribution in [0, 0.1) is 0 Å². The number of nitrogens with zero attached hydrogens (tertiary/aromatic N) is 1. The van der Waals surface area contributed by atoms with Crippen LogP contribution in [0.4, 0.5) is 0 Å². The third-order valence-electron chi connectivity index (χ3n) is 1.88. The molecule has 0 saturated carbocycles. The van der Waals surface area contributed by atoms with Gasteiger partial charge in [-0.25, -0.2) is 0 Å². The Labute approximate surface area is 79.7 Å². The van der Waals surface area contributed by atoms with Crippen LogP contribution >= 0.6 is 0 Å². The molecule has 0 bridgehead atoms. The fourth-order valence-corrected chi connectivity index (χ4v) is 1.32. The largest absolute Gasteiger partial charge is 0.469 e. The Morgan fingerprint density at radius 1 is 1.54 bits per heavy atom. The summed E-state index contributed by atoms with van der Waals surface area (Å²) in [5.41, 5.74) is 3.30. The molecular weight excluding hydrogens is 164 g/mol. The second-order valence-electron chi connectivity index (χ2n) is 3.54. The van der Waals surface area contributed by atoms with Crippen LogP contribution in [0.2, 0.25) is 0 Å². The molecule has 0 radical (unpaired) electrons. The van der Waals surface area contributed by atoms with Gasteiger partial charge in [-0.15, -0.1) is 0 Å². The lowest BCUT2D eigenvalue weighted by Crippen LogP contribution is -2.38.